The smallest absolute Gasteiger partial charge is 0.319 e. The topological polar surface area (TPSA) is 117 Å². The van der Waals surface area contributed by atoms with Crippen LogP contribution < -0.4 is 15.4 Å². The van der Waals surface area contributed by atoms with Crippen molar-refractivity contribution in [1.29, 1.82) is 0 Å². The van der Waals surface area contributed by atoms with Gasteiger partial charge in [-0.05, 0) is 56.0 Å². The van der Waals surface area contributed by atoms with Crippen LogP contribution in [0.1, 0.15) is 24.8 Å². The van der Waals surface area contributed by atoms with E-state index in [0.29, 0.717) is 19.3 Å². The van der Waals surface area contributed by atoms with E-state index in [2.05, 4.69) is 15.4 Å². The fourth-order valence-electron chi connectivity index (χ4n) is 3.64. The molecule has 2 aromatic carbocycles. The standard InChI is InChI=1S/C22H27F2N3O5S/c1-14-3-2-4-17(11-14)33(30,31)27-19-8-6-16(32-21(19)13-28)9-10-25-22(29)26-20-12-15(23)5-7-18(20)24/h2-5,7,11-12,16,19,21,27-28H,6,8-10,13H2,1H3,(H2,25,26,29)/t16-,19-,21+/m1/s1. The first kappa shape index (κ1) is 25.0. The van der Waals surface area contributed by atoms with Gasteiger partial charge in [-0.3, -0.25) is 0 Å². The Labute approximate surface area is 191 Å². The number of urea groups is 1. The maximum absolute atomic E-state index is 13.6. The van der Waals surface area contributed by atoms with E-state index >= 15 is 0 Å². The van der Waals surface area contributed by atoms with Crippen molar-refractivity contribution in [3.8, 4) is 0 Å². The summed E-state index contributed by atoms with van der Waals surface area (Å²) >= 11 is 0. The van der Waals surface area contributed by atoms with E-state index in [-0.39, 0.29) is 29.8 Å². The van der Waals surface area contributed by atoms with Gasteiger partial charge in [0.25, 0.3) is 0 Å². The van der Waals surface area contributed by atoms with Crippen LogP contribution in [0.4, 0.5) is 19.3 Å². The number of rotatable bonds is 8. The monoisotopic (exact) mass is 483 g/mol. The predicted molar refractivity (Wildman–Crippen MR) is 118 cm³/mol. The lowest BCUT2D eigenvalue weighted by Gasteiger charge is -2.36. The second-order valence-electron chi connectivity index (χ2n) is 7.89. The zero-order valence-electron chi connectivity index (χ0n) is 18.1. The Morgan fingerprint density at radius 2 is 1.97 bits per heavy atom. The number of nitrogens with one attached hydrogen (secondary N) is 3. The van der Waals surface area contributed by atoms with Gasteiger partial charge in [0.1, 0.15) is 11.6 Å². The SMILES string of the molecule is Cc1cccc(S(=O)(=O)N[C@@H]2CC[C@H](CCNC(=O)Nc3cc(F)ccc3F)O[C@H]2CO)c1. The number of benzene rings is 2. The van der Waals surface area contributed by atoms with E-state index in [0.717, 1.165) is 23.8 Å². The molecule has 1 saturated heterocycles. The summed E-state index contributed by atoms with van der Waals surface area (Å²) in [4.78, 5) is 12.1. The highest BCUT2D eigenvalue weighted by Crippen LogP contribution is 2.23. The molecule has 3 rings (SSSR count). The van der Waals surface area contributed by atoms with Gasteiger partial charge in [-0.1, -0.05) is 12.1 Å². The first-order chi connectivity index (χ1) is 15.7. The van der Waals surface area contributed by atoms with Gasteiger partial charge < -0.3 is 20.5 Å². The second kappa shape index (κ2) is 11.0. The van der Waals surface area contributed by atoms with Crippen molar-refractivity contribution in [3.63, 3.8) is 0 Å². The van der Waals surface area contributed by atoms with Gasteiger partial charge in [0.15, 0.2) is 0 Å². The summed E-state index contributed by atoms with van der Waals surface area (Å²) in [5.41, 5.74) is 0.540. The Kier molecular flexibility index (Phi) is 8.35. The summed E-state index contributed by atoms with van der Waals surface area (Å²) in [7, 11) is -3.77. The molecule has 3 atom stereocenters. The molecule has 2 amide bonds. The minimum Gasteiger partial charge on any atom is -0.394 e. The summed E-state index contributed by atoms with van der Waals surface area (Å²) < 4.78 is 60.6. The van der Waals surface area contributed by atoms with Crippen LogP contribution in [-0.2, 0) is 14.8 Å². The van der Waals surface area contributed by atoms with Gasteiger partial charge in [-0.2, -0.15) is 0 Å². The van der Waals surface area contributed by atoms with Crippen molar-refractivity contribution in [2.75, 3.05) is 18.5 Å². The maximum Gasteiger partial charge on any atom is 0.319 e. The fourth-order valence-corrected chi connectivity index (χ4v) is 5.04. The van der Waals surface area contributed by atoms with Crippen LogP contribution in [-0.4, -0.2) is 51.0 Å². The average molecular weight is 484 g/mol. The number of hydrogen-bond acceptors (Lipinski definition) is 5. The van der Waals surface area contributed by atoms with Crippen LogP contribution in [0.5, 0.6) is 0 Å². The molecule has 1 fully saturated rings. The van der Waals surface area contributed by atoms with Gasteiger partial charge in [0.05, 0.1) is 35.4 Å². The van der Waals surface area contributed by atoms with Crippen molar-refractivity contribution in [2.24, 2.45) is 0 Å². The molecule has 8 nitrogen and oxygen atoms in total. The number of sulfonamides is 1. The van der Waals surface area contributed by atoms with Crippen molar-refractivity contribution < 1.29 is 31.8 Å². The molecule has 2 aromatic rings. The summed E-state index contributed by atoms with van der Waals surface area (Å²) in [6, 6.07) is 7.98. The summed E-state index contributed by atoms with van der Waals surface area (Å²) in [6.07, 6.45) is 0.306. The number of ether oxygens (including phenoxy) is 1. The molecule has 33 heavy (non-hydrogen) atoms. The van der Waals surface area contributed by atoms with Gasteiger partial charge in [-0.15, -0.1) is 0 Å². The Bertz CT molecular complexity index is 1080. The lowest BCUT2D eigenvalue weighted by atomic mass is 9.98. The van der Waals surface area contributed by atoms with E-state index in [1.807, 2.05) is 0 Å². The van der Waals surface area contributed by atoms with Crippen LogP contribution in [0.25, 0.3) is 0 Å². The molecule has 4 N–H and O–H groups in total. The molecular formula is C22H27F2N3O5S. The first-order valence-corrected chi connectivity index (χ1v) is 12.0. The molecule has 0 radical (unpaired) electrons. The van der Waals surface area contributed by atoms with Crippen LogP contribution in [0.15, 0.2) is 47.4 Å². The van der Waals surface area contributed by atoms with Crippen LogP contribution >= 0.6 is 0 Å². The van der Waals surface area contributed by atoms with Crippen LogP contribution in [0, 0.1) is 18.6 Å². The normalized spacial score (nSPS) is 20.9. The molecule has 180 valence electrons. The number of anilines is 1. The van der Waals surface area contributed by atoms with E-state index in [4.69, 9.17) is 4.74 Å². The average Bonchev–Trinajstić information content (AvgIpc) is 2.77. The number of aliphatic hydroxyl groups excluding tert-OH is 1. The number of halogens is 2. The molecule has 0 bridgehead atoms. The molecule has 0 spiro atoms. The minimum absolute atomic E-state index is 0.145. The van der Waals surface area contributed by atoms with Crippen LogP contribution in [0.2, 0.25) is 0 Å². The first-order valence-electron chi connectivity index (χ1n) is 10.5. The number of aryl methyl sites for hydroxylation is 1. The Hall–Kier alpha value is -2.60. The van der Waals surface area contributed by atoms with Gasteiger partial charge in [-0.25, -0.2) is 26.7 Å². The maximum atomic E-state index is 13.6. The third kappa shape index (κ3) is 6.94. The fraction of sp³-hybridized carbons (Fsp3) is 0.409. The summed E-state index contributed by atoms with van der Waals surface area (Å²) in [5, 5.41) is 14.5. The summed E-state index contributed by atoms with van der Waals surface area (Å²) in [5.74, 6) is -1.43. The zero-order chi connectivity index (χ0) is 24.0. The molecule has 1 aliphatic heterocycles. The molecule has 0 saturated carbocycles. The van der Waals surface area contributed by atoms with Gasteiger partial charge >= 0.3 is 6.03 Å². The molecule has 0 unspecified atom stereocenters. The number of amides is 2. The number of aliphatic hydroxyl groups is 1. The molecular weight excluding hydrogens is 456 g/mol. The van der Waals surface area contributed by atoms with E-state index in [9.17, 15) is 27.1 Å². The molecule has 11 heteroatoms. The van der Waals surface area contributed by atoms with Gasteiger partial charge in [0.2, 0.25) is 10.0 Å². The third-order valence-electron chi connectivity index (χ3n) is 5.33. The highest BCUT2D eigenvalue weighted by atomic mass is 32.2. The number of carbonyl (C=O) groups is 1. The van der Waals surface area contributed by atoms with E-state index in [1.165, 1.54) is 6.07 Å². The Morgan fingerprint density at radius 1 is 1.18 bits per heavy atom. The lowest BCUT2D eigenvalue weighted by Crippen LogP contribution is -2.51. The third-order valence-corrected chi connectivity index (χ3v) is 6.82. The highest BCUT2D eigenvalue weighted by Gasteiger charge is 2.33. The molecule has 0 aromatic heterocycles. The van der Waals surface area contributed by atoms with Crippen LogP contribution in [0.3, 0.4) is 0 Å². The lowest BCUT2D eigenvalue weighted by molar-refractivity contribution is -0.0871. The van der Waals surface area contributed by atoms with Crippen molar-refractivity contribution in [2.45, 2.75) is 49.3 Å². The Morgan fingerprint density at radius 3 is 2.70 bits per heavy atom. The van der Waals surface area contributed by atoms with Crippen molar-refractivity contribution >= 4 is 21.7 Å². The molecule has 0 aliphatic carbocycles. The molecule has 1 aliphatic rings. The minimum atomic E-state index is -3.77. The zero-order valence-corrected chi connectivity index (χ0v) is 18.9. The van der Waals surface area contributed by atoms with Crippen molar-refractivity contribution in [1.82, 2.24) is 10.0 Å². The number of hydrogen-bond donors (Lipinski definition) is 4. The molecule has 1 heterocycles. The number of carbonyl (C=O) groups excluding carboxylic acids is 1. The highest BCUT2D eigenvalue weighted by molar-refractivity contribution is 7.89. The predicted octanol–water partition coefficient (Wildman–Crippen LogP) is 2.67. The van der Waals surface area contributed by atoms with Crippen molar-refractivity contribution in [3.05, 3.63) is 59.7 Å². The Balaban J connectivity index is 1.48. The quantitative estimate of drug-likeness (QED) is 0.461. The summed E-state index contributed by atoms with van der Waals surface area (Å²) in [6.45, 7) is 1.61. The van der Waals surface area contributed by atoms with Gasteiger partial charge in [0, 0.05) is 12.6 Å². The largest absolute Gasteiger partial charge is 0.394 e. The van der Waals surface area contributed by atoms with E-state index in [1.54, 1.807) is 25.1 Å². The van der Waals surface area contributed by atoms with E-state index < -0.39 is 39.8 Å². The second-order valence-corrected chi connectivity index (χ2v) is 9.61.